The third-order valence-corrected chi connectivity index (χ3v) is 5.41. The monoisotopic (exact) mass is 418 g/mol. The van der Waals surface area contributed by atoms with Crippen LogP contribution in [0.25, 0.3) is 0 Å². The molecule has 5 heteroatoms. The van der Waals surface area contributed by atoms with E-state index in [1.165, 1.54) is 11.1 Å². The molecule has 1 heterocycles. The third kappa shape index (κ3) is 5.63. The molecule has 1 aliphatic rings. The fraction of sp³-hybridized carbons (Fsp3) is 0.429. The van der Waals surface area contributed by atoms with Crippen molar-refractivity contribution in [2.75, 3.05) is 39.8 Å². The molecule has 26 heavy (non-hydrogen) atoms. The molecular formula is C21H27BrN2O2. The number of rotatable bonds is 7. The van der Waals surface area contributed by atoms with Gasteiger partial charge in [0.25, 0.3) is 0 Å². The van der Waals surface area contributed by atoms with E-state index in [1.54, 1.807) is 0 Å². The predicted octanol–water partition coefficient (Wildman–Crippen LogP) is 3.32. The molecular weight excluding hydrogens is 392 g/mol. The van der Waals surface area contributed by atoms with Crippen molar-refractivity contribution in [1.29, 1.82) is 0 Å². The van der Waals surface area contributed by atoms with Gasteiger partial charge in [-0.3, -0.25) is 9.80 Å². The first-order valence-electron chi connectivity index (χ1n) is 9.10. The van der Waals surface area contributed by atoms with E-state index < -0.39 is 0 Å². The molecule has 1 fully saturated rings. The summed E-state index contributed by atoms with van der Waals surface area (Å²) in [6.45, 7) is 4.54. The van der Waals surface area contributed by atoms with Crippen LogP contribution in [0.5, 0.6) is 0 Å². The number of β-amino-alcohol motifs (C(OH)–C–C–N with tert-alkyl or cyclic N) is 1. The average molecular weight is 419 g/mol. The molecule has 0 saturated carbocycles. The van der Waals surface area contributed by atoms with E-state index in [-0.39, 0.29) is 12.2 Å². The fourth-order valence-corrected chi connectivity index (χ4v) is 4.01. The highest BCUT2D eigenvalue weighted by atomic mass is 79.9. The Labute approximate surface area is 164 Å². The number of nitrogens with zero attached hydrogens (tertiary/aromatic N) is 2. The van der Waals surface area contributed by atoms with Crippen LogP contribution in [0.2, 0.25) is 0 Å². The van der Waals surface area contributed by atoms with Crippen LogP contribution >= 0.6 is 15.9 Å². The zero-order valence-electron chi connectivity index (χ0n) is 15.2. The van der Waals surface area contributed by atoms with Gasteiger partial charge in [0.2, 0.25) is 0 Å². The molecule has 1 aliphatic heterocycles. The number of morpholine rings is 1. The van der Waals surface area contributed by atoms with Gasteiger partial charge in [0.1, 0.15) is 0 Å². The standard InChI is InChI=1S/C21H27BrN2O2/c1-23(13-17-7-3-2-4-8-17)14-18(25)15-24-11-12-26-21(16-24)19-9-5-6-10-20(19)22/h2-10,18,21,25H,11-16H2,1H3. The normalized spacial score (nSPS) is 19.6. The first kappa shape index (κ1) is 19.5. The Morgan fingerprint density at radius 2 is 1.92 bits per heavy atom. The summed E-state index contributed by atoms with van der Waals surface area (Å²) in [7, 11) is 2.05. The molecule has 2 aromatic carbocycles. The van der Waals surface area contributed by atoms with Gasteiger partial charge in [-0.25, -0.2) is 0 Å². The molecule has 0 bridgehead atoms. The lowest BCUT2D eigenvalue weighted by molar-refractivity contribution is -0.0447. The summed E-state index contributed by atoms with van der Waals surface area (Å²) in [5, 5.41) is 10.5. The van der Waals surface area contributed by atoms with Crippen LogP contribution in [-0.4, -0.2) is 60.8 Å². The molecule has 1 saturated heterocycles. The van der Waals surface area contributed by atoms with Crippen molar-refractivity contribution < 1.29 is 9.84 Å². The summed E-state index contributed by atoms with van der Waals surface area (Å²) in [6, 6.07) is 18.6. The third-order valence-electron chi connectivity index (χ3n) is 4.69. The maximum absolute atomic E-state index is 10.5. The van der Waals surface area contributed by atoms with E-state index in [0.717, 1.165) is 24.1 Å². The molecule has 2 aromatic rings. The minimum atomic E-state index is -0.373. The van der Waals surface area contributed by atoms with E-state index in [2.05, 4.69) is 63.1 Å². The summed E-state index contributed by atoms with van der Waals surface area (Å²) >= 11 is 3.61. The molecule has 0 radical (unpaired) electrons. The lowest BCUT2D eigenvalue weighted by Crippen LogP contribution is -2.45. The van der Waals surface area contributed by atoms with Crippen molar-refractivity contribution in [3.8, 4) is 0 Å². The molecule has 2 unspecified atom stereocenters. The number of likely N-dealkylation sites (N-methyl/N-ethyl adjacent to an activating group) is 1. The highest BCUT2D eigenvalue weighted by Crippen LogP contribution is 2.28. The summed E-state index contributed by atoms with van der Waals surface area (Å²) < 4.78 is 7.03. The molecule has 3 rings (SSSR count). The quantitative estimate of drug-likeness (QED) is 0.747. The molecule has 0 aliphatic carbocycles. The van der Waals surface area contributed by atoms with Crippen molar-refractivity contribution in [2.45, 2.75) is 18.8 Å². The number of ether oxygens (including phenoxy) is 1. The predicted molar refractivity (Wildman–Crippen MR) is 108 cm³/mol. The number of halogens is 1. The number of hydrogen-bond donors (Lipinski definition) is 1. The molecule has 0 spiro atoms. The van der Waals surface area contributed by atoms with Crippen LogP contribution in [0.3, 0.4) is 0 Å². The topological polar surface area (TPSA) is 35.9 Å². The van der Waals surface area contributed by atoms with Gasteiger partial charge < -0.3 is 9.84 Å². The van der Waals surface area contributed by atoms with Crippen molar-refractivity contribution >= 4 is 15.9 Å². The second kappa shape index (κ2) is 9.62. The Bertz CT molecular complexity index is 683. The van der Waals surface area contributed by atoms with Crippen molar-refractivity contribution in [3.63, 3.8) is 0 Å². The zero-order chi connectivity index (χ0) is 18.4. The van der Waals surface area contributed by atoms with Crippen molar-refractivity contribution in [3.05, 3.63) is 70.2 Å². The highest BCUT2D eigenvalue weighted by Gasteiger charge is 2.25. The minimum Gasteiger partial charge on any atom is -0.390 e. The van der Waals surface area contributed by atoms with Gasteiger partial charge in [0.05, 0.1) is 18.8 Å². The largest absolute Gasteiger partial charge is 0.390 e. The van der Waals surface area contributed by atoms with Gasteiger partial charge >= 0.3 is 0 Å². The maximum Gasteiger partial charge on any atom is 0.0963 e. The Kier molecular flexibility index (Phi) is 7.23. The zero-order valence-corrected chi connectivity index (χ0v) is 16.8. The van der Waals surface area contributed by atoms with Gasteiger partial charge in [-0.2, -0.15) is 0 Å². The fourth-order valence-electron chi connectivity index (χ4n) is 3.47. The van der Waals surface area contributed by atoms with Crippen LogP contribution in [-0.2, 0) is 11.3 Å². The van der Waals surface area contributed by atoms with Gasteiger partial charge in [-0.15, -0.1) is 0 Å². The lowest BCUT2D eigenvalue weighted by Gasteiger charge is -2.35. The van der Waals surface area contributed by atoms with Crippen LogP contribution in [0.15, 0.2) is 59.1 Å². The number of benzene rings is 2. The second-order valence-corrected chi connectivity index (χ2v) is 7.83. The summed E-state index contributed by atoms with van der Waals surface area (Å²) in [5.41, 5.74) is 2.44. The van der Waals surface area contributed by atoms with Gasteiger partial charge in [-0.05, 0) is 24.2 Å². The molecule has 1 N–H and O–H groups in total. The summed E-state index contributed by atoms with van der Waals surface area (Å²) in [4.78, 5) is 4.47. The molecule has 4 nitrogen and oxygen atoms in total. The van der Waals surface area contributed by atoms with Crippen LogP contribution < -0.4 is 0 Å². The summed E-state index contributed by atoms with van der Waals surface area (Å²) in [5.74, 6) is 0. The first-order chi connectivity index (χ1) is 12.6. The smallest absolute Gasteiger partial charge is 0.0963 e. The second-order valence-electron chi connectivity index (χ2n) is 6.98. The van der Waals surface area contributed by atoms with Gasteiger partial charge in [0.15, 0.2) is 0 Å². The SMILES string of the molecule is CN(Cc1ccccc1)CC(O)CN1CCOC(c2ccccc2Br)C1. The van der Waals surface area contributed by atoms with E-state index in [9.17, 15) is 5.11 Å². The van der Waals surface area contributed by atoms with Crippen molar-refractivity contribution in [2.24, 2.45) is 0 Å². The van der Waals surface area contributed by atoms with Crippen LogP contribution in [0.4, 0.5) is 0 Å². The molecule has 2 atom stereocenters. The average Bonchev–Trinajstić information content (AvgIpc) is 2.63. The van der Waals surface area contributed by atoms with E-state index in [1.807, 2.05) is 24.3 Å². The lowest BCUT2D eigenvalue weighted by atomic mass is 10.1. The highest BCUT2D eigenvalue weighted by molar-refractivity contribution is 9.10. The Morgan fingerprint density at radius 3 is 2.69 bits per heavy atom. The van der Waals surface area contributed by atoms with E-state index in [0.29, 0.717) is 19.7 Å². The van der Waals surface area contributed by atoms with E-state index >= 15 is 0 Å². The molecule has 0 aromatic heterocycles. The van der Waals surface area contributed by atoms with E-state index in [4.69, 9.17) is 4.74 Å². The Balaban J connectivity index is 1.49. The first-order valence-corrected chi connectivity index (χ1v) is 9.90. The Morgan fingerprint density at radius 1 is 1.19 bits per heavy atom. The van der Waals surface area contributed by atoms with Crippen molar-refractivity contribution in [1.82, 2.24) is 9.80 Å². The summed E-state index contributed by atoms with van der Waals surface area (Å²) in [6.07, 6.45) is -0.324. The number of aliphatic hydroxyl groups is 1. The minimum absolute atomic E-state index is 0.0496. The van der Waals surface area contributed by atoms with Crippen LogP contribution in [0, 0.1) is 0 Å². The number of hydrogen-bond acceptors (Lipinski definition) is 4. The molecule has 140 valence electrons. The molecule has 0 amide bonds. The van der Waals surface area contributed by atoms with Crippen LogP contribution in [0.1, 0.15) is 17.2 Å². The maximum atomic E-state index is 10.5. The Hall–Kier alpha value is -1.24. The van der Waals surface area contributed by atoms with Gasteiger partial charge in [0, 0.05) is 37.2 Å². The number of aliphatic hydroxyl groups excluding tert-OH is 1. The van der Waals surface area contributed by atoms with Gasteiger partial charge in [-0.1, -0.05) is 64.5 Å².